The number of hydrogen-bond donors (Lipinski definition) is 1. The number of ether oxygens (including phenoxy) is 1. The molecule has 0 spiro atoms. The second-order valence-electron chi connectivity index (χ2n) is 5.34. The summed E-state index contributed by atoms with van der Waals surface area (Å²) in [4.78, 5) is 0. The van der Waals surface area contributed by atoms with Gasteiger partial charge in [-0.2, -0.15) is 0 Å². The lowest BCUT2D eigenvalue weighted by molar-refractivity contribution is 0.411. The first-order chi connectivity index (χ1) is 9.29. The predicted octanol–water partition coefficient (Wildman–Crippen LogP) is 3.98. The lowest BCUT2D eigenvalue weighted by atomic mass is 9.97. The first kappa shape index (κ1) is 14.1. The molecule has 104 valence electrons. The minimum absolute atomic E-state index is 0.943. The van der Waals surface area contributed by atoms with E-state index in [2.05, 4.69) is 36.5 Å². The molecule has 0 heterocycles. The highest BCUT2D eigenvalue weighted by Crippen LogP contribution is 2.20. The summed E-state index contributed by atoms with van der Waals surface area (Å²) in [6.45, 7) is 4.12. The van der Waals surface area contributed by atoms with Crippen molar-refractivity contribution in [3.05, 3.63) is 41.0 Å². The van der Waals surface area contributed by atoms with E-state index in [1.54, 1.807) is 12.7 Å². The van der Waals surface area contributed by atoms with Crippen LogP contribution in [-0.4, -0.2) is 13.7 Å². The Morgan fingerprint density at radius 1 is 1.26 bits per heavy atom. The van der Waals surface area contributed by atoms with Gasteiger partial charge in [0.1, 0.15) is 5.75 Å². The fourth-order valence-electron chi connectivity index (χ4n) is 2.66. The maximum atomic E-state index is 5.28. The van der Waals surface area contributed by atoms with Crippen LogP contribution in [0.1, 0.15) is 43.2 Å². The molecule has 0 aliphatic heterocycles. The lowest BCUT2D eigenvalue weighted by Gasteiger charge is -2.13. The van der Waals surface area contributed by atoms with Crippen molar-refractivity contribution in [1.82, 2.24) is 5.32 Å². The van der Waals surface area contributed by atoms with Gasteiger partial charge >= 0.3 is 0 Å². The van der Waals surface area contributed by atoms with E-state index >= 15 is 0 Å². The molecule has 1 aromatic carbocycles. The summed E-state index contributed by atoms with van der Waals surface area (Å²) in [6, 6.07) is 6.39. The quantitative estimate of drug-likeness (QED) is 0.616. The number of nitrogens with one attached hydrogen (secondary N) is 1. The van der Waals surface area contributed by atoms with Crippen LogP contribution >= 0.6 is 0 Å². The fraction of sp³-hybridized carbons (Fsp3) is 0.529. The average molecular weight is 259 g/mol. The number of hydrogen-bond acceptors (Lipinski definition) is 2. The molecule has 19 heavy (non-hydrogen) atoms. The standard InChI is InChI=1S/C17H25NO/c1-14-12-16(8-9-17(14)19-2)13-18-11-10-15-6-4-3-5-7-15/h6,8-9,12,18H,3-5,7,10-11,13H2,1-2H3. The normalized spacial score (nSPS) is 15.2. The zero-order valence-corrected chi connectivity index (χ0v) is 12.2. The molecule has 0 radical (unpaired) electrons. The molecule has 0 amide bonds. The van der Waals surface area contributed by atoms with Gasteiger partial charge in [-0.25, -0.2) is 0 Å². The van der Waals surface area contributed by atoms with Crippen LogP contribution in [0.3, 0.4) is 0 Å². The van der Waals surface area contributed by atoms with Gasteiger partial charge in [0, 0.05) is 6.54 Å². The van der Waals surface area contributed by atoms with Gasteiger partial charge < -0.3 is 10.1 Å². The second-order valence-corrected chi connectivity index (χ2v) is 5.34. The minimum atomic E-state index is 0.943. The summed E-state index contributed by atoms with van der Waals surface area (Å²) in [5, 5.41) is 3.53. The van der Waals surface area contributed by atoms with E-state index in [0.29, 0.717) is 0 Å². The Bertz CT molecular complexity index is 437. The third-order valence-corrected chi connectivity index (χ3v) is 3.80. The van der Waals surface area contributed by atoms with E-state index in [4.69, 9.17) is 4.74 Å². The predicted molar refractivity (Wildman–Crippen MR) is 80.6 cm³/mol. The Hall–Kier alpha value is -1.28. The molecule has 1 aliphatic carbocycles. The zero-order chi connectivity index (χ0) is 13.5. The van der Waals surface area contributed by atoms with Crippen LogP contribution in [0.4, 0.5) is 0 Å². The van der Waals surface area contributed by atoms with Crippen molar-refractivity contribution in [2.75, 3.05) is 13.7 Å². The van der Waals surface area contributed by atoms with E-state index < -0.39 is 0 Å². The summed E-state index contributed by atoms with van der Waals surface area (Å²) < 4.78 is 5.28. The summed E-state index contributed by atoms with van der Waals surface area (Å²) >= 11 is 0. The molecule has 1 aromatic rings. The topological polar surface area (TPSA) is 21.3 Å². The van der Waals surface area contributed by atoms with Crippen LogP contribution in [0.25, 0.3) is 0 Å². The largest absolute Gasteiger partial charge is 0.496 e. The lowest BCUT2D eigenvalue weighted by Crippen LogP contribution is -2.15. The van der Waals surface area contributed by atoms with Crippen LogP contribution in [0, 0.1) is 6.92 Å². The smallest absolute Gasteiger partial charge is 0.121 e. The molecule has 0 aromatic heterocycles. The molecule has 0 saturated carbocycles. The van der Waals surface area contributed by atoms with Crippen LogP contribution < -0.4 is 10.1 Å². The molecular formula is C17H25NO. The molecule has 1 N–H and O–H groups in total. The van der Waals surface area contributed by atoms with E-state index in [1.807, 2.05) is 0 Å². The van der Waals surface area contributed by atoms with Gasteiger partial charge in [0.05, 0.1) is 7.11 Å². The molecule has 0 saturated heterocycles. The van der Waals surface area contributed by atoms with E-state index in [-0.39, 0.29) is 0 Å². The summed E-state index contributed by atoms with van der Waals surface area (Å²) in [7, 11) is 1.72. The first-order valence-electron chi connectivity index (χ1n) is 7.32. The monoisotopic (exact) mass is 259 g/mol. The van der Waals surface area contributed by atoms with Crippen LogP contribution in [0.5, 0.6) is 5.75 Å². The van der Waals surface area contributed by atoms with Crippen LogP contribution in [0.15, 0.2) is 29.8 Å². The van der Waals surface area contributed by atoms with E-state index in [0.717, 1.165) is 18.8 Å². The Kier molecular flexibility index (Phi) is 5.46. The van der Waals surface area contributed by atoms with Gasteiger partial charge in [0.15, 0.2) is 0 Å². The van der Waals surface area contributed by atoms with Gasteiger partial charge in [-0.05, 0) is 62.8 Å². The second kappa shape index (κ2) is 7.34. The molecule has 0 bridgehead atoms. The SMILES string of the molecule is COc1ccc(CNCCC2=CCCCC2)cc1C. The van der Waals surface area contributed by atoms with Gasteiger partial charge in [-0.1, -0.05) is 23.8 Å². The highest BCUT2D eigenvalue weighted by molar-refractivity contribution is 5.36. The third kappa shape index (κ3) is 4.39. The molecule has 0 fully saturated rings. The molecule has 0 unspecified atom stereocenters. The highest BCUT2D eigenvalue weighted by atomic mass is 16.5. The maximum Gasteiger partial charge on any atom is 0.121 e. The Labute approximate surface area is 116 Å². The van der Waals surface area contributed by atoms with Crippen molar-refractivity contribution in [2.24, 2.45) is 0 Å². The van der Waals surface area contributed by atoms with Crippen molar-refractivity contribution in [3.8, 4) is 5.75 Å². The number of allylic oxidation sites excluding steroid dienone is 1. The molecule has 2 heteroatoms. The van der Waals surface area contributed by atoms with Gasteiger partial charge in [0.2, 0.25) is 0 Å². The molecular weight excluding hydrogens is 234 g/mol. The molecule has 2 rings (SSSR count). The Morgan fingerprint density at radius 3 is 2.84 bits per heavy atom. The van der Waals surface area contributed by atoms with Crippen LogP contribution in [0.2, 0.25) is 0 Å². The summed E-state index contributed by atoms with van der Waals surface area (Å²) in [6.07, 6.45) is 8.99. The highest BCUT2D eigenvalue weighted by Gasteiger charge is 2.03. The van der Waals surface area contributed by atoms with E-state index in [1.165, 1.54) is 43.2 Å². The first-order valence-corrected chi connectivity index (χ1v) is 7.32. The van der Waals surface area contributed by atoms with Gasteiger partial charge in [-0.15, -0.1) is 0 Å². The Morgan fingerprint density at radius 2 is 2.16 bits per heavy atom. The fourth-order valence-corrected chi connectivity index (χ4v) is 2.66. The molecule has 2 nitrogen and oxygen atoms in total. The Balaban J connectivity index is 1.73. The number of aryl methyl sites for hydroxylation is 1. The zero-order valence-electron chi connectivity index (χ0n) is 12.2. The summed E-state index contributed by atoms with van der Waals surface area (Å²) in [5.74, 6) is 0.969. The summed E-state index contributed by atoms with van der Waals surface area (Å²) in [5.41, 5.74) is 4.18. The van der Waals surface area contributed by atoms with Gasteiger partial charge in [-0.3, -0.25) is 0 Å². The number of benzene rings is 1. The van der Waals surface area contributed by atoms with E-state index in [9.17, 15) is 0 Å². The third-order valence-electron chi connectivity index (χ3n) is 3.80. The van der Waals surface area contributed by atoms with Crippen molar-refractivity contribution in [3.63, 3.8) is 0 Å². The van der Waals surface area contributed by atoms with Crippen molar-refractivity contribution >= 4 is 0 Å². The maximum absolute atomic E-state index is 5.28. The van der Waals surface area contributed by atoms with Crippen molar-refractivity contribution in [2.45, 2.75) is 45.6 Å². The van der Waals surface area contributed by atoms with Gasteiger partial charge in [0.25, 0.3) is 0 Å². The molecule has 1 aliphatic rings. The van der Waals surface area contributed by atoms with Crippen molar-refractivity contribution in [1.29, 1.82) is 0 Å². The van der Waals surface area contributed by atoms with Crippen molar-refractivity contribution < 1.29 is 4.74 Å². The average Bonchev–Trinajstić information content (AvgIpc) is 2.45. The minimum Gasteiger partial charge on any atom is -0.496 e. The number of rotatable bonds is 6. The molecule has 0 atom stereocenters. The van der Waals surface area contributed by atoms with Crippen LogP contribution in [-0.2, 0) is 6.54 Å². The number of methoxy groups -OCH3 is 1.